The number of thiophene rings is 1. The smallest absolute Gasteiger partial charge is 0.0963 e. The average molecular weight is 592 g/mol. The Hall–Kier alpha value is -5.71. The van der Waals surface area contributed by atoms with Crippen molar-refractivity contribution in [2.24, 2.45) is 0 Å². The fraction of sp³-hybridized carbons (Fsp3) is 0. The topological polar surface area (TPSA) is 22.8 Å². The summed E-state index contributed by atoms with van der Waals surface area (Å²) in [6.45, 7) is 0. The van der Waals surface area contributed by atoms with Crippen LogP contribution in [0.4, 0.5) is 0 Å². The largest absolute Gasteiger partial charge is 0.309 e. The molecule has 0 aliphatic heterocycles. The van der Waals surface area contributed by atoms with Crippen molar-refractivity contribution < 1.29 is 0 Å². The van der Waals surface area contributed by atoms with Crippen LogP contribution in [-0.2, 0) is 0 Å². The molecular weight excluding hydrogens is 567 g/mol. The first-order valence-corrected chi connectivity index (χ1v) is 16.0. The van der Waals surface area contributed by atoms with E-state index in [1.165, 1.54) is 64.0 Å². The third kappa shape index (κ3) is 3.60. The van der Waals surface area contributed by atoms with E-state index >= 15 is 0 Å². The summed E-state index contributed by atoms with van der Waals surface area (Å²) >= 11 is 1.85. The molecule has 0 unspecified atom stereocenters. The predicted octanol–water partition coefficient (Wildman–Crippen LogP) is 11.3. The van der Waals surface area contributed by atoms with E-state index in [1.54, 1.807) is 0 Å². The van der Waals surface area contributed by atoms with Gasteiger partial charge < -0.3 is 9.13 Å². The molecule has 4 heteroatoms. The van der Waals surface area contributed by atoms with Crippen molar-refractivity contribution >= 4 is 75.3 Å². The molecule has 0 N–H and O–H groups in total. The van der Waals surface area contributed by atoms with E-state index in [0.29, 0.717) is 0 Å². The van der Waals surface area contributed by atoms with Crippen LogP contribution in [0.1, 0.15) is 0 Å². The van der Waals surface area contributed by atoms with Gasteiger partial charge in [0.25, 0.3) is 0 Å². The third-order valence-corrected chi connectivity index (χ3v) is 10.3. The first-order chi connectivity index (χ1) is 22.3. The molecule has 210 valence electrons. The van der Waals surface area contributed by atoms with Gasteiger partial charge in [0.2, 0.25) is 0 Å². The van der Waals surface area contributed by atoms with E-state index in [0.717, 1.165) is 22.4 Å². The number of hydrogen-bond donors (Lipinski definition) is 0. The van der Waals surface area contributed by atoms with E-state index in [9.17, 15) is 0 Å². The second-order valence-electron chi connectivity index (χ2n) is 11.6. The quantitative estimate of drug-likeness (QED) is 0.200. The molecule has 0 spiro atoms. The zero-order chi connectivity index (χ0) is 29.5. The van der Waals surface area contributed by atoms with E-state index in [4.69, 9.17) is 4.98 Å². The monoisotopic (exact) mass is 591 g/mol. The molecule has 0 amide bonds. The highest BCUT2D eigenvalue weighted by atomic mass is 32.1. The number of aromatic nitrogens is 3. The number of rotatable bonds is 3. The summed E-state index contributed by atoms with van der Waals surface area (Å²) < 4.78 is 7.37. The maximum atomic E-state index is 4.87. The zero-order valence-electron chi connectivity index (χ0n) is 24.2. The Labute approximate surface area is 262 Å². The molecule has 0 saturated heterocycles. The lowest BCUT2D eigenvalue weighted by Crippen LogP contribution is -1.96. The second-order valence-corrected chi connectivity index (χ2v) is 12.7. The van der Waals surface area contributed by atoms with Crippen LogP contribution in [-0.4, -0.2) is 14.1 Å². The normalized spacial score (nSPS) is 12.0. The van der Waals surface area contributed by atoms with Gasteiger partial charge >= 0.3 is 0 Å². The Bertz CT molecular complexity index is 2720. The Morgan fingerprint density at radius 2 is 1.00 bits per heavy atom. The lowest BCUT2D eigenvalue weighted by atomic mass is 10.0. The highest BCUT2D eigenvalue weighted by Crippen LogP contribution is 2.40. The standard InChI is InChI=1S/C41H25N3S/c1-4-17-35-30(14-1)31-15-2-5-18-36(31)43(35)28-12-7-10-26(22-28)27-11-8-13-29(23-27)44-37-19-9-21-42-41(37)34-25-40-33(24-38(34)44)32-16-3-6-20-39(32)45-40/h1-25H. The van der Waals surface area contributed by atoms with Crippen LogP contribution in [0.2, 0.25) is 0 Å². The molecule has 0 aliphatic rings. The van der Waals surface area contributed by atoms with Crippen LogP contribution in [0, 0.1) is 0 Å². The molecular formula is C41H25N3S. The van der Waals surface area contributed by atoms with Gasteiger partial charge in [-0.05, 0) is 77.9 Å². The van der Waals surface area contributed by atoms with Gasteiger partial charge in [0.1, 0.15) is 0 Å². The SMILES string of the molecule is c1cc(-c2cccc(-n3c4cc5c(cc4c4ncccc43)sc3ccccc35)c2)cc(-n2c3ccccc3c3ccccc32)c1. The van der Waals surface area contributed by atoms with Crippen LogP contribution in [0.15, 0.2) is 152 Å². The first kappa shape index (κ1) is 24.7. The molecule has 4 aromatic heterocycles. The summed E-state index contributed by atoms with van der Waals surface area (Å²) in [6, 6.07) is 52.8. The summed E-state index contributed by atoms with van der Waals surface area (Å²) in [5.41, 5.74) is 10.4. The van der Waals surface area contributed by atoms with Crippen LogP contribution < -0.4 is 0 Å². The molecule has 10 aromatic rings. The minimum absolute atomic E-state index is 1.03. The Morgan fingerprint density at radius 3 is 1.71 bits per heavy atom. The number of benzene rings is 6. The molecule has 0 radical (unpaired) electrons. The van der Waals surface area contributed by atoms with E-state index in [-0.39, 0.29) is 0 Å². The molecule has 45 heavy (non-hydrogen) atoms. The molecule has 4 heterocycles. The van der Waals surface area contributed by atoms with Crippen LogP contribution in [0.3, 0.4) is 0 Å². The third-order valence-electron chi connectivity index (χ3n) is 9.14. The molecule has 6 aromatic carbocycles. The molecule has 0 saturated carbocycles. The Kier molecular flexibility index (Phi) is 5.16. The van der Waals surface area contributed by atoms with E-state index in [2.05, 4.69) is 149 Å². The van der Waals surface area contributed by atoms with Gasteiger partial charge in [-0.25, -0.2) is 0 Å². The maximum Gasteiger partial charge on any atom is 0.0963 e. The molecule has 0 atom stereocenters. The van der Waals surface area contributed by atoms with Crippen molar-refractivity contribution in [3.63, 3.8) is 0 Å². The van der Waals surface area contributed by atoms with Gasteiger partial charge in [0.15, 0.2) is 0 Å². The van der Waals surface area contributed by atoms with Gasteiger partial charge in [-0.2, -0.15) is 0 Å². The number of para-hydroxylation sites is 2. The fourth-order valence-corrected chi connectivity index (χ4v) is 8.30. The fourth-order valence-electron chi connectivity index (χ4n) is 7.18. The lowest BCUT2D eigenvalue weighted by Gasteiger charge is -2.12. The summed E-state index contributed by atoms with van der Waals surface area (Å²) in [5.74, 6) is 0. The van der Waals surface area contributed by atoms with E-state index < -0.39 is 0 Å². The van der Waals surface area contributed by atoms with Crippen molar-refractivity contribution in [2.45, 2.75) is 0 Å². The van der Waals surface area contributed by atoms with E-state index in [1.807, 2.05) is 23.6 Å². The molecule has 0 bridgehead atoms. The number of fused-ring (bicyclic) bond motifs is 9. The van der Waals surface area contributed by atoms with Gasteiger partial charge in [-0.1, -0.05) is 78.9 Å². The number of pyridine rings is 1. The molecule has 0 fully saturated rings. The Balaban J connectivity index is 1.18. The van der Waals surface area contributed by atoms with Gasteiger partial charge in [0.05, 0.1) is 27.6 Å². The summed E-state index contributed by atoms with van der Waals surface area (Å²) in [7, 11) is 0. The minimum Gasteiger partial charge on any atom is -0.309 e. The van der Waals surface area contributed by atoms with Crippen molar-refractivity contribution in [2.75, 3.05) is 0 Å². The number of hydrogen-bond acceptors (Lipinski definition) is 2. The second kappa shape index (κ2) is 9.39. The van der Waals surface area contributed by atoms with Crippen molar-refractivity contribution in [1.29, 1.82) is 0 Å². The molecule has 10 rings (SSSR count). The molecule has 3 nitrogen and oxygen atoms in total. The predicted molar refractivity (Wildman–Crippen MR) is 191 cm³/mol. The maximum absolute atomic E-state index is 4.87. The van der Waals surface area contributed by atoms with Crippen LogP contribution in [0.5, 0.6) is 0 Å². The van der Waals surface area contributed by atoms with Crippen LogP contribution >= 0.6 is 11.3 Å². The van der Waals surface area contributed by atoms with Crippen molar-refractivity contribution in [3.05, 3.63) is 152 Å². The highest BCUT2D eigenvalue weighted by Gasteiger charge is 2.17. The zero-order valence-corrected chi connectivity index (χ0v) is 25.0. The van der Waals surface area contributed by atoms with Crippen molar-refractivity contribution in [1.82, 2.24) is 14.1 Å². The summed E-state index contributed by atoms with van der Waals surface area (Å²) in [6.07, 6.45) is 1.90. The Morgan fingerprint density at radius 1 is 0.400 bits per heavy atom. The van der Waals surface area contributed by atoms with Gasteiger partial charge in [-0.3, -0.25) is 4.98 Å². The average Bonchev–Trinajstić information content (AvgIpc) is 3.75. The van der Waals surface area contributed by atoms with Gasteiger partial charge in [0, 0.05) is 53.9 Å². The van der Waals surface area contributed by atoms with Gasteiger partial charge in [-0.15, -0.1) is 11.3 Å². The summed E-state index contributed by atoms with van der Waals surface area (Å²) in [5, 5.41) is 6.33. The molecule has 0 aliphatic carbocycles. The highest BCUT2D eigenvalue weighted by molar-refractivity contribution is 7.25. The first-order valence-electron chi connectivity index (χ1n) is 15.2. The van der Waals surface area contributed by atoms with Crippen LogP contribution in [0.25, 0.3) is 86.4 Å². The minimum atomic E-state index is 1.03. The summed E-state index contributed by atoms with van der Waals surface area (Å²) in [4.78, 5) is 4.87. The number of nitrogens with zero attached hydrogens (tertiary/aromatic N) is 3. The van der Waals surface area contributed by atoms with Crippen molar-refractivity contribution in [3.8, 4) is 22.5 Å². The lowest BCUT2D eigenvalue weighted by molar-refractivity contribution is 1.17.